The molecule has 4 nitrogen and oxygen atoms in total. The molecular weight excluding hydrogens is 283 g/mol. The molecule has 1 aromatic carbocycles. The number of rotatable bonds is 3. The first-order chi connectivity index (χ1) is 10.5. The van der Waals surface area contributed by atoms with Gasteiger partial charge in [0.25, 0.3) is 5.91 Å². The summed E-state index contributed by atoms with van der Waals surface area (Å²) in [6.07, 6.45) is 3.16. The summed E-state index contributed by atoms with van der Waals surface area (Å²) >= 11 is 0. The third kappa shape index (κ3) is 2.15. The first-order valence-electron chi connectivity index (χ1n) is 7.83. The summed E-state index contributed by atoms with van der Waals surface area (Å²) in [7, 11) is 3.76. The lowest BCUT2D eigenvalue weighted by Gasteiger charge is -2.54. The summed E-state index contributed by atoms with van der Waals surface area (Å²) in [5.41, 5.74) is 5.10. The molecule has 2 aliphatic rings. The van der Waals surface area contributed by atoms with Gasteiger partial charge in [0.1, 0.15) is 11.4 Å². The number of nitrogens with zero attached hydrogens (tertiary/aromatic N) is 1. The van der Waals surface area contributed by atoms with E-state index in [1.807, 2.05) is 0 Å². The molecule has 2 fully saturated rings. The van der Waals surface area contributed by atoms with E-state index in [1.54, 1.807) is 19.2 Å². The molecule has 1 aliphatic heterocycles. The van der Waals surface area contributed by atoms with E-state index in [2.05, 4.69) is 11.9 Å². The molecule has 0 radical (unpaired) electrons. The molecule has 0 unspecified atom stereocenters. The number of ether oxygens (including phenoxy) is 1. The lowest BCUT2D eigenvalue weighted by Crippen LogP contribution is -2.58. The number of nitrogens with two attached hydrogens (primary N) is 1. The normalized spacial score (nSPS) is 32.0. The lowest BCUT2D eigenvalue weighted by molar-refractivity contribution is -0.167. The zero-order valence-corrected chi connectivity index (χ0v) is 13.1. The number of piperidine rings is 1. The second-order valence-electron chi connectivity index (χ2n) is 6.57. The van der Waals surface area contributed by atoms with Crippen molar-refractivity contribution >= 4 is 5.91 Å². The van der Waals surface area contributed by atoms with Crippen LogP contribution >= 0.6 is 0 Å². The van der Waals surface area contributed by atoms with Crippen molar-refractivity contribution in [3.05, 3.63) is 35.1 Å². The zero-order chi connectivity index (χ0) is 15.9. The Kier molecular flexibility index (Phi) is 3.95. The highest BCUT2D eigenvalue weighted by Gasteiger charge is 2.53. The van der Waals surface area contributed by atoms with Gasteiger partial charge in [0.05, 0.1) is 5.56 Å². The highest BCUT2D eigenvalue weighted by atomic mass is 19.1. The van der Waals surface area contributed by atoms with Gasteiger partial charge in [-0.15, -0.1) is 0 Å². The second-order valence-corrected chi connectivity index (χ2v) is 6.57. The highest BCUT2D eigenvalue weighted by molar-refractivity contribution is 5.93. The quantitative estimate of drug-likeness (QED) is 0.931. The van der Waals surface area contributed by atoms with E-state index in [-0.39, 0.29) is 17.4 Å². The third-order valence-electron chi connectivity index (χ3n) is 5.41. The molecule has 3 rings (SSSR count). The monoisotopic (exact) mass is 306 g/mol. The number of fused-ring (bicyclic) bond motifs is 2. The predicted octanol–water partition coefficient (Wildman–Crippen LogP) is 2.13. The maximum Gasteiger partial charge on any atom is 0.251 e. The smallest absolute Gasteiger partial charge is 0.251 e. The van der Waals surface area contributed by atoms with Crippen molar-refractivity contribution < 1.29 is 13.9 Å². The van der Waals surface area contributed by atoms with Crippen molar-refractivity contribution in [2.45, 2.75) is 24.9 Å². The minimum atomic E-state index is -0.733. The molecule has 2 bridgehead atoms. The van der Waals surface area contributed by atoms with Crippen LogP contribution in [0, 0.1) is 17.7 Å². The van der Waals surface area contributed by atoms with Crippen molar-refractivity contribution in [1.29, 1.82) is 0 Å². The molecule has 1 heterocycles. The number of hydrogen-bond donors (Lipinski definition) is 1. The van der Waals surface area contributed by atoms with Gasteiger partial charge in [-0.25, -0.2) is 4.39 Å². The van der Waals surface area contributed by atoms with Crippen LogP contribution in [0.4, 0.5) is 4.39 Å². The molecule has 1 aromatic rings. The van der Waals surface area contributed by atoms with Gasteiger partial charge in [0.2, 0.25) is 0 Å². The fourth-order valence-corrected chi connectivity index (χ4v) is 4.56. The van der Waals surface area contributed by atoms with Crippen LogP contribution in [0.2, 0.25) is 0 Å². The van der Waals surface area contributed by atoms with Gasteiger partial charge >= 0.3 is 0 Å². The molecule has 0 aromatic heterocycles. The van der Waals surface area contributed by atoms with Crippen molar-refractivity contribution in [1.82, 2.24) is 4.90 Å². The predicted molar refractivity (Wildman–Crippen MR) is 81.9 cm³/mol. The summed E-state index contributed by atoms with van der Waals surface area (Å²) in [4.78, 5) is 13.8. The summed E-state index contributed by atoms with van der Waals surface area (Å²) in [5, 5.41) is 0. The molecule has 2 N–H and O–H groups in total. The van der Waals surface area contributed by atoms with E-state index in [0.717, 1.165) is 32.4 Å². The van der Waals surface area contributed by atoms with Crippen LogP contribution in [0.25, 0.3) is 0 Å². The molecule has 22 heavy (non-hydrogen) atoms. The molecule has 1 saturated carbocycles. The van der Waals surface area contributed by atoms with E-state index in [4.69, 9.17) is 10.5 Å². The Morgan fingerprint density at radius 2 is 2.00 bits per heavy atom. The van der Waals surface area contributed by atoms with Crippen LogP contribution in [0.3, 0.4) is 0 Å². The Balaban J connectivity index is 2.15. The van der Waals surface area contributed by atoms with Crippen LogP contribution in [-0.2, 0) is 10.3 Å². The molecule has 3 atom stereocenters. The number of benzene rings is 1. The SMILES string of the molecule is CO[C@@]1(c2cccc(C(N)=O)c2F)[C@@H]2CCC[C@H]1CN(C)C2. The fourth-order valence-electron chi connectivity index (χ4n) is 4.56. The van der Waals surface area contributed by atoms with Gasteiger partial charge < -0.3 is 15.4 Å². The number of halogens is 1. The van der Waals surface area contributed by atoms with E-state index >= 15 is 0 Å². The molecule has 5 heteroatoms. The maximum atomic E-state index is 14.9. The summed E-state index contributed by atoms with van der Waals surface area (Å²) in [6, 6.07) is 4.89. The molecule has 1 amide bonds. The van der Waals surface area contributed by atoms with Crippen molar-refractivity contribution in [2.75, 3.05) is 27.2 Å². The van der Waals surface area contributed by atoms with E-state index in [0.29, 0.717) is 5.56 Å². The minimum absolute atomic E-state index is 0.0501. The maximum absolute atomic E-state index is 14.9. The number of methoxy groups -OCH3 is 1. The third-order valence-corrected chi connectivity index (χ3v) is 5.41. The molecular formula is C17H23FN2O2. The highest BCUT2D eigenvalue weighted by Crippen LogP contribution is 2.52. The van der Waals surface area contributed by atoms with Gasteiger partial charge in [0, 0.05) is 37.6 Å². The average Bonchev–Trinajstić information content (AvgIpc) is 2.46. The minimum Gasteiger partial charge on any atom is -0.373 e. The Labute approximate surface area is 130 Å². The molecule has 0 spiro atoms. The van der Waals surface area contributed by atoms with Crippen LogP contribution in [0.5, 0.6) is 0 Å². The van der Waals surface area contributed by atoms with Crippen molar-refractivity contribution in [3.63, 3.8) is 0 Å². The van der Waals surface area contributed by atoms with E-state index < -0.39 is 17.3 Å². The number of likely N-dealkylation sites (tertiary alicyclic amines) is 1. The summed E-state index contributed by atoms with van der Waals surface area (Å²) < 4.78 is 20.9. The number of carbonyl (C=O) groups is 1. The van der Waals surface area contributed by atoms with Gasteiger partial charge in [-0.3, -0.25) is 4.79 Å². The van der Waals surface area contributed by atoms with Crippen LogP contribution < -0.4 is 5.73 Å². The Bertz CT molecular complexity index is 576. The molecule has 1 saturated heterocycles. The van der Waals surface area contributed by atoms with Crippen molar-refractivity contribution in [3.8, 4) is 0 Å². The summed E-state index contributed by atoms with van der Waals surface area (Å²) in [6.45, 7) is 1.76. The number of primary amides is 1. The average molecular weight is 306 g/mol. The van der Waals surface area contributed by atoms with Gasteiger partial charge in [0.15, 0.2) is 0 Å². The van der Waals surface area contributed by atoms with Crippen LogP contribution in [0.15, 0.2) is 18.2 Å². The van der Waals surface area contributed by atoms with Crippen LogP contribution in [0.1, 0.15) is 35.2 Å². The van der Waals surface area contributed by atoms with Gasteiger partial charge in [-0.05, 0) is 26.0 Å². The first kappa shape index (κ1) is 15.4. The standard InChI is InChI=1S/C17H23FN2O2/c1-20-9-11-5-3-6-12(10-20)17(11,22-2)14-8-4-7-13(15(14)18)16(19)21/h4,7-8,11-12H,3,5-6,9-10H2,1-2H3,(H2,19,21)/t11-,12+,17+. The second kappa shape index (κ2) is 5.63. The topological polar surface area (TPSA) is 55.6 Å². The number of hydrogen-bond acceptors (Lipinski definition) is 3. The number of carbonyl (C=O) groups excluding carboxylic acids is 1. The van der Waals surface area contributed by atoms with Gasteiger partial charge in [-0.1, -0.05) is 18.6 Å². The first-order valence-corrected chi connectivity index (χ1v) is 7.83. The van der Waals surface area contributed by atoms with Gasteiger partial charge in [-0.2, -0.15) is 0 Å². The number of amides is 1. The Morgan fingerprint density at radius 3 is 2.55 bits per heavy atom. The largest absolute Gasteiger partial charge is 0.373 e. The van der Waals surface area contributed by atoms with Crippen LogP contribution in [-0.4, -0.2) is 38.1 Å². The molecule has 120 valence electrons. The zero-order valence-electron chi connectivity index (χ0n) is 13.1. The lowest BCUT2D eigenvalue weighted by atomic mass is 9.62. The van der Waals surface area contributed by atoms with E-state index in [1.165, 1.54) is 6.07 Å². The molecule has 1 aliphatic carbocycles. The fraction of sp³-hybridized carbons (Fsp3) is 0.588. The van der Waals surface area contributed by atoms with E-state index in [9.17, 15) is 9.18 Å². The Hall–Kier alpha value is -1.46. The Morgan fingerprint density at radius 1 is 1.36 bits per heavy atom. The summed E-state index contributed by atoms with van der Waals surface area (Å²) in [5.74, 6) is -0.790. The van der Waals surface area contributed by atoms with Crippen molar-refractivity contribution in [2.24, 2.45) is 17.6 Å².